The molecule has 3 heterocycles. The van der Waals surface area contributed by atoms with Crippen molar-refractivity contribution in [3.8, 4) is 17.0 Å². The molecule has 2 aromatic heterocycles. The summed E-state index contributed by atoms with van der Waals surface area (Å²) >= 11 is 0. The SMILES string of the molecule is CC(F)Oc1ccc(F)c(-c2nn(C(C)C)c3cc(C(=O)NC4(C)CS(=O)(=O)C4)cnc23)c1. The van der Waals surface area contributed by atoms with E-state index in [1.165, 1.54) is 31.3 Å². The molecule has 0 spiro atoms. The summed E-state index contributed by atoms with van der Waals surface area (Å²) in [7, 11) is -3.13. The zero-order valence-corrected chi connectivity index (χ0v) is 19.4. The average Bonchev–Trinajstić information content (AvgIpc) is 3.06. The predicted octanol–water partition coefficient (Wildman–Crippen LogP) is 3.43. The van der Waals surface area contributed by atoms with Gasteiger partial charge in [-0.2, -0.15) is 5.10 Å². The Morgan fingerprint density at radius 1 is 1.24 bits per heavy atom. The van der Waals surface area contributed by atoms with Gasteiger partial charge in [-0.1, -0.05) is 0 Å². The number of nitrogens with one attached hydrogen (secondary N) is 1. The highest BCUT2D eigenvalue weighted by Gasteiger charge is 2.45. The molecule has 33 heavy (non-hydrogen) atoms. The lowest BCUT2D eigenvalue weighted by molar-refractivity contribution is 0.0859. The van der Waals surface area contributed by atoms with E-state index in [1.54, 1.807) is 17.7 Å². The Hall–Kier alpha value is -3.08. The number of carbonyl (C=O) groups is 1. The molecule has 8 nitrogen and oxygen atoms in total. The molecule has 1 fully saturated rings. The first-order valence-electron chi connectivity index (χ1n) is 10.4. The number of aromatic nitrogens is 3. The fourth-order valence-electron chi connectivity index (χ4n) is 4.01. The molecule has 1 aliphatic rings. The van der Waals surface area contributed by atoms with Gasteiger partial charge in [0.1, 0.15) is 22.8 Å². The third kappa shape index (κ3) is 4.54. The first-order valence-corrected chi connectivity index (χ1v) is 12.2. The van der Waals surface area contributed by atoms with Gasteiger partial charge < -0.3 is 10.1 Å². The number of carbonyl (C=O) groups excluding carboxylic acids is 1. The van der Waals surface area contributed by atoms with Gasteiger partial charge in [-0.15, -0.1) is 0 Å². The van der Waals surface area contributed by atoms with Crippen LogP contribution in [0.25, 0.3) is 22.3 Å². The van der Waals surface area contributed by atoms with Gasteiger partial charge in [0.05, 0.1) is 28.1 Å². The molecule has 3 aromatic rings. The number of rotatable bonds is 6. The molecule has 0 bridgehead atoms. The van der Waals surface area contributed by atoms with Crippen LogP contribution in [0.3, 0.4) is 0 Å². The molecule has 4 rings (SSSR count). The molecule has 1 unspecified atom stereocenters. The smallest absolute Gasteiger partial charge is 0.253 e. The van der Waals surface area contributed by atoms with Gasteiger partial charge in [0, 0.05) is 24.7 Å². The Labute approximate surface area is 189 Å². The Morgan fingerprint density at radius 2 is 1.94 bits per heavy atom. The first kappa shape index (κ1) is 23.1. The van der Waals surface area contributed by atoms with Crippen LogP contribution in [-0.4, -0.2) is 52.5 Å². The van der Waals surface area contributed by atoms with Crippen molar-refractivity contribution in [1.29, 1.82) is 0 Å². The number of fused-ring (bicyclic) bond motifs is 1. The Bertz CT molecular complexity index is 1340. The van der Waals surface area contributed by atoms with Crippen LogP contribution in [-0.2, 0) is 9.84 Å². The lowest BCUT2D eigenvalue weighted by Crippen LogP contribution is -2.63. The maximum Gasteiger partial charge on any atom is 0.253 e. The number of amides is 1. The van der Waals surface area contributed by atoms with E-state index in [1.807, 2.05) is 13.8 Å². The minimum atomic E-state index is -3.13. The summed E-state index contributed by atoms with van der Waals surface area (Å²) in [6.07, 6.45) is -0.230. The van der Waals surface area contributed by atoms with Crippen molar-refractivity contribution in [1.82, 2.24) is 20.1 Å². The van der Waals surface area contributed by atoms with Crippen molar-refractivity contribution in [3.05, 3.63) is 41.8 Å². The van der Waals surface area contributed by atoms with E-state index in [0.29, 0.717) is 11.0 Å². The van der Waals surface area contributed by atoms with Crippen LogP contribution in [0.15, 0.2) is 30.5 Å². The predicted molar refractivity (Wildman–Crippen MR) is 119 cm³/mol. The maximum atomic E-state index is 14.7. The maximum absolute atomic E-state index is 14.7. The van der Waals surface area contributed by atoms with Crippen LogP contribution in [0.2, 0.25) is 0 Å². The third-order valence-corrected chi connectivity index (χ3v) is 7.44. The standard InChI is InChI=1S/C22H24F2N4O4S/c1-12(2)28-18-7-14(21(29)26-22(4)10-33(30,31)11-22)9-25-20(18)19(27-28)16-8-15(32-13(3)23)5-6-17(16)24/h5-9,12-13H,10-11H2,1-4H3,(H,26,29). The van der Waals surface area contributed by atoms with Gasteiger partial charge in [-0.3, -0.25) is 14.5 Å². The average molecular weight is 479 g/mol. The number of nitrogens with zero attached hydrogens (tertiary/aromatic N) is 3. The van der Waals surface area contributed by atoms with Crippen LogP contribution in [0.5, 0.6) is 5.75 Å². The highest BCUT2D eigenvalue weighted by Crippen LogP contribution is 2.33. The Kier molecular flexibility index (Phi) is 5.63. The molecule has 0 saturated carbocycles. The summed E-state index contributed by atoms with van der Waals surface area (Å²) in [4.78, 5) is 17.2. The molecule has 1 aromatic carbocycles. The fourth-order valence-corrected chi connectivity index (χ4v) is 6.01. The summed E-state index contributed by atoms with van der Waals surface area (Å²) in [6.45, 7) is 6.65. The van der Waals surface area contributed by atoms with Crippen LogP contribution in [0.4, 0.5) is 8.78 Å². The van der Waals surface area contributed by atoms with Crippen LogP contribution in [0.1, 0.15) is 44.1 Å². The van der Waals surface area contributed by atoms with Crippen molar-refractivity contribution in [2.24, 2.45) is 0 Å². The lowest BCUT2D eigenvalue weighted by Gasteiger charge is -2.38. The number of alkyl halides is 1. The van der Waals surface area contributed by atoms with E-state index >= 15 is 0 Å². The molecule has 0 radical (unpaired) electrons. The van der Waals surface area contributed by atoms with Gasteiger partial charge >= 0.3 is 0 Å². The van der Waals surface area contributed by atoms with Crippen molar-refractivity contribution in [2.75, 3.05) is 11.5 Å². The molecule has 1 aliphatic heterocycles. The zero-order chi connectivity index (χ0) is 24.1. The molecule has 1 atom stereocenters. The van der Waals surface area contributed by atoms with E-state index in [-0.39, 0.29) is 40.1 Å². The van der Waals surface area contributed by atoms with E-state index in [0.717, 1.165) is 0 Å². The molecule has 1 saturated heterocycles. The number of hydrogen-bond donors (Lipinski definition) is 1. The van der Waals surface area contributed by atoms with Crippen molar-refractivity contribution < 1.29 is 26.7 Å². The number of ether oxygens (including phenoxy) is 1. The number of hydrogen-bond acceptors (Lipinski definition) is 6. The fraction of sp³-hybridized carbons (Fsp3) is 0.409. The Morgan fingerprint density at radius 3 is 2.55 bits per heavy atom. The third-order valence-electron chi connectivity index (χ3n) is 5.28. The molecule has 0 aliphatic carbocycles. The highest BCUT2D eigenvalue weighted by atomic mass is 32.2. The molecular formula is C22H24F2N4O4S. The minimum absolute atomic E-state index is 0.0921. The van der Waals surface area contributed by atoms with Crippen LogP contribution < -0.4 is 10.1 Å². The van der Waals surface area contributed by atoms with Gasteiger partial charge in [0.25, 0.3) is 5.91 Å². The monoisotopic (exact) mass is 478 g/mol. The van der Waals surface area contributed by atoms with Crippen molar-refractivity contribution >= 4 is 26.8 Å². The van der Waals surface area contributed by atoms with Crippen LogP contribution >= 0.6 is 0 Å². The topological polar surface area (TPSA) is 103 Å². The molecular weight excluding hydrogens is 454 g/mol. The normalized spacial score (nSPS) is 17.5. The van der Waals surface area contributed by atoms with Gasteiger partial charge in [-0.25, -0.2) is 17.2 Å². The second-order valence-corrected chi connectivity index (χ2v) is 10.9. The lowest BCUT2D eigenvalue weighted by atomic mass is 10.1. The second-order valence-electron chi connectivity index (χ2n) is 8.83. The van der Waals surface area contributed by atoms with Gasteiger partial charge in [0.2, 0.25) is 6.36 Å². The van der Waals surface area contributed by atoms with Crippen molar-refractivity contribution in [3.63, 3.8) is 0 Å². The van der Waals surface area contributed by atoms with E-state index in [9.17, 15) is 22.0 Å². The quantitative estimate of drug-likeness (QED) is 0.582. The van der Waals surface area contributed by atoms with Crippen LogP contribution in [0, 0.1) is 5.82 Å². The highest BCUT2D eigenvalue weighted by molar-refractivity contribution is 7.93. The number of halogens is 2. The minimum Gasteiger partial charge on any atom is -0.461 e. The second kappa shape index (κ2) is 8.05. The van der Waals surface area contributed by atoms with E-state index in [2.05, 4.69) is 15.4 Å². The zero-order valence-electron chi connectivity index (χ0n) is 18.6. The van der Waals surface area contributed by atoms with Gasteiger partial charge in [-0.05, 0) is 45.0 Å². The van der Waals surface area contributed by atoms with Gasteiger partial charge in [0.15, 0.2) is 9.84 Å². The summed E-state index contributed by atoms with van der Waals surface area (Å²) in [5, 5.41) is 7.27. The Balaban J connectivity index is 1.75. The molecule has 176 valence electrons. The largest absolute Gasteiger partial charge is 0.461 e. The molecule has 11 heteroatoms. The van der Waals surface area contributed by atoms with Crippen molar-refractivity contribution in [2.45, 2.75) is 45.6 Å². The summed E-state index contributed by atoms with van der Waals surface area (Å²) < 4.78 is 57.7. The summed E-state index contributed by atoms with van der Waals surface area (Å²) in [5.74, 6) is -1.13. The van der Waals surface area contributed by atoms with E-state index in [4.69, 9.17) is 4.74 Å². The number of sulfone groups is 1. The number of pyridine rings is 1. The number of benzene rings is 1. The first-order chi connectivity index (χ1) is 15.4. The van der Waals surface area contributed by atoms with E-state index < -0.39 is 33.5 Å². The summed E-state index contributed by atoms with van der Waals surface area (Å²) in [5.41, 5.74) is 0.591. The summed E-state index contributed by atoms with van der Waals surface area (Å²) in [6, 6.07) is 5.31. The molecule has 1 N–H and O–H groups in total. The molecule has 1 amide bonds.